The van der Waals surface area contributed by atoms with Crippen LogP contribution in [0.2, 0.25) is 0 Å². The number of ether oxygens (including phenoxy) is 1. The monoisotopic (exact) mass is 351 g/mol. The predicted octanol–water partition coefficient (Wildman–Crippen LogP) is 4.82. The summed E-state index contributed by atoms with van der Waals surface area (Å²) in [6, 6.07) is 6.71. The normalized spacial score (nSPS) is 18.2. The SMILES string of the molecule is Cc1cscc1CNC1CCCOc2cc(Br)ccc21. The zero-order valence-electron chi connectivity index (χ0n) is 11.5. The fraction of sp³-hybridized carbons (Fsp3) is 0.375. The van der Waals surface area contributed by atoms with E-state index in [1.165, 1.54) is 16.7 Å². The van der Waals surface area contributed by atoms with Crippen LogP contribution in [0.3, 0.4) is 0 Å². The maximum absolute atomic E-state index is 5.85. The van der Waals surface area contributed by atoms with Crippen LogP contribution < -0.4 is 10.1 Å². The van der Waals surface area contributed by atoms with E-state index in [1.54, 1.807) is 11.3 Å². The number of hydrogen-bond acceptors (Lipinski definition) is 3. The van der Waals surface area contributed by atoms with Crippen LogP contribution in [0.4, 0.5) is 0 Å². The second kappa shape index (κ2) is 6.29. The van der Waals surface area contributed by atoms with Crippen molar-refractivity contribution in [1.29, 1.82) is 0 Å². The molecule has 1 aromatic heterocycles. The molecule has 0 bridgehead atoms. The van der Waals surface area contributed by atoms with Crippen LogP contribution in [-0.2, 0) is 6.54 Å². The third-order valence-electron chi connectivity index (χ3n) is 3.75. The largest absolute Gasteiger partial charge is 0.493 e. The molecule has 1 atom stereocenters. The maximum Gasteiger partial charge on any atom is 0.125 e. The molecule has 0 fully saturated rings. The summed E-state index contributed by atoms with van der Waals surface area (Å²) >= 11 is 5.29. The molecule has 0 aliphatic carbocycles. The molecule has 2 nitrogen and oxygen atoms in total. The van der Waals surface area contributed by atoms with Gasteiger partial charge in [-0.3, -0.25) is 0 Å². The minimum Gasteiger partial charge on any atom is -0.493 e. The van der Waals surface area contributed by atoms with Crippen molar-refractivity contribution in [3.8, 4) is 5.75 Å². The van der Waals surface area contributed by atoms with Crippen LogP contribution in [0.5, 0.6) is 5.75 Å². The Morgan fingerprint density at radius 3 is 3.10 bits per heavy atom. The molecule has 1 aliphatic heterocycles. The average molecular weight is 352 g/mol. The molecule has 0 radical (unpaired) electrons. The second-order valence-corrected chi connectivity index (χ2v) is 6.85. The predicted molar refractivity (Wildman–Crippen MR) is 87.5 cm³/mol. The third kappa shape index (κ3) is 3.08. The minimum absolute atomic E-state index is 0.375. The summed E-state index contributed by atoms with van der Waals surface area (Å²) in [5.41, 5.74) is 4.06. The van der Waals surface area contributed by atoms with Crippen molar-refractivity contribution in [1.82, 2.24) is 5.32 Å². The number of aryl methyl sites for hydroxylation is 1. The summed E-state index contributed by atoms with van der Waals surface area (Å²) in [5.74, 6) is 1.01. The summed E-state index contributed by atoms with van der Waals surface area (Å²) in [6.07, 6.45) is 2.21. The molecular weight excluding hydrogens is 334 g/mol. The van der Waals surface area contributed by atoms with Crippen molar-refractivity contribution in [2.75, 3.05) is 6.61 Å². The van der Waals surface area contributed by atoms with Gasteiger partial charge >= 0.3 is 0 Å². The van der Waals surface area contributed by atoms with Gasteiger partial charge in [-0.2, -0.15) is 11.3 Å². The van der Waals surface area contributed by atoms with Crippen LogP contribution in [0, 0.1) is 6.92 Å². The highest BCUT2D eigenvalue weighted by atomic mass is 79.9. The molecule has 1 aliphatic rings. The van der Waals surface area contributed by atoms with E-state index in [2.05, 4.69) is 57.1 Å². The molecule has 2 aromatic rings. The molecule has 20 heavy (non-hydrogen) atoms. The number of halogens is 1. The average Bonchev–Trinajstić information content (AvgIpc) is 2.73. The molecule has 0 saturated heterocycles. The standard InChI is InChI=1S/C16H18BrNOS/c1-11-9-20-10-12(11)8-18-15-3-2-6-19-16-7-13(17)4-5-14(15)16/h4-5,7,9-10,15,18H,2-3,6,8H2,1H3. The molecule has 1 unspecified atom stereocenters. The summed E-state index contributed by atoms with van der Waals surface area (Å²) in [7, 11) is 0. The van der Waals surface area contributed by atoms with E-state index >= 15 is 0 Å². The van der Waals surface area contributed by atoms with Crippen LogP contribution >= 0.6 is 27.3 Å². The zero-order valence-corrected chi connectivity index (χ0v) is 13.9. The molecule has 3 rings (SSSR count). The molecule has 1 aromatic carbocycles. The van der Waals surface area contributed by atoms with Crippen molar-refractivity contribution >= 4 is 27.3 Å². The highest BCUT2D eigenvalue weighted by Gasteiger charge is 2.19. The van der Waals surface area contributed by atoms with E-state index in [4.69, 9.17) is 4.74 Å². The number of rotatable bonds is 3. The second-order valence-electron chi connectivity index (χ2n) is 5.19. The van der Waals surface area contributed by atoms with Crippen LogP contribution in [0.15, 0.2) is 33.4 Å². The van der Waals surface area contributed by atoms with Crippen molar-refractivity contribution in [2.45, 2.75) is 32.4 Å². The first-order chi connectivity index (χ1) is 9.74. The lowest BCUT2D eigenvalue weighted by atomic mass is 10.0. The molecule has 2 heterocycles. The lowest BCUT2D eigenvalue weighted by molar-refractivity contribution is 0.315. The van der Waals surface area contributed by atoms with Crippen molar-refractivity contribution in [3.63, 3.8) is 0 Å². The van der Waals surface area contributed by atoms with Crippen LogP contribution in [-0.4, -0.2) is 6.61 Å². The first-order valence-electron chi connectivity index (χ1n) is 6.91. The van der Waals surface area contributed by atoms with Gasteiger partial charge < -0.3 is 10.1 Å². The molecule has 0 amide bonds. The van der Waals surface area contributed by atoms with Crippen LogP contribution in [0.25, 0.3) is 0 Å². The highest BCUT2D eigenvalue weighted by Crippen LogP contribution is 2.34. The Morgan fingerprint density at radius 2 is 2.30 bits per heavy atom. The summed E-state index contributed by atoms with van der Waals surface area (Å²) in [6.45, 7) is 3.91. The van der Waals surface area contributed by atoms with Gasteiger partial charge in [-0.1, -0.05) is 22.0 Å². The Labute approximate surface area is 132 Å². The highest BCUT2D eigenvalue weighted by molar-refractivity contribution is 9.10. The van der Waals surface area contributed by atoms with Crippen molar-refractivity contribution in [2.24, 2.45) is 0 Å². The number of fused-ring (bicyclic) bond motifs is 1. The van der Waals surface area contributed by atoms with Gasteiger partial charge in [0, 0.05) is 22.6 Å². The Bertz CT molecular complexity index is 596. The first-order valence-corrected chi connectivity index (χ1v) is 8.65. The van der Waals surface area contributed by atoms with Crippen molar-refractivity contribution in [3.05, 3.63) is 50.1 Å². The topological polar surface area (TPSA) is 21.3 Å². The molecule has 0 spiro atoms. The fourth-order valence-corrected chi connectivity index (χ4v) is 3.76. The number of benzene rings is 1. The van der Waals surface area contributed by atoms with Gasteiger partial charge in [0.2, 0.25) is 0 Å². The van der Waals surface area contributed by atoms with Gasteiger partial charge in [-0.25, -0.2) is 0 Å². The summed E-state index contributed by atoms with van der Waals surface area (Å²) in [5, 5.41) is 8.13. The van der Waals surface area contributed by atoms with E-state index < -0.39 is 0 Å². The number of hydrogen-bond donors (Lipinski definition) is 1. The van der Waals surface area contributed by atoms with Gasteiger partial charge in [-0.05, 0) is 53.8 Å². The van der Waals surface area contributed by atoms with E-state index in [9.17, 15) is 0 Å². The van der Waals surface area contributed by atoms with E-state index in [-0.39, 0.29) is 0 Å². The fourth-order valence-electron chi connectivity index (χ4n) is 2.56. The van der Waals surface area contributed by atoms with Crippen molar-refractivity contribution < 1.29 is 4.74 Å². The van der Waals surface area contributed by atoms with Gasteiger partial charge in [0.25, 0.3) is 0 Å². The Morgan fingerprint density at radius 1 is 1.40 bits per heavy atom. The molecule has 0 saturated carbocycles. The third-order valence-corrected chi connectivity index (χ3v) is 5.15. The number of nitrogens with one attached hydrogen (secondary N) is 1. The smallest absolute Gasteiger partial charge is 0.125 e. The minimum atomic E-state index is 0.375. The first kappa shape index (κ1) is 14.1. The Kier molecular flexibility index (Phi) is 4.44. The zero-order chi connectivity index (χ0) is 13.9. The Balaban J connectivity index is 1.78. The van der Waals surface area contributed by atoms with Gasteiger partial charge in [-0.15, -0.1) is 0 Å². The van der Waals surface area contributed by atoms with Gasteiger partial charge in [0.1, 0.15) is 5.75 Å². The molecule has 4 heteroatoms. The van der Waals surface area contributed by atoms with E-state index in [0.29, 0.717) is 6.04 Å². The lowest BCUT2D eigenvalue weighted by Crippen LogP contribution is -2.20. The van der Waals surface area contributed by atoms with E-state index in [0.717, 1.165) is 36.2 Å². The Hall–Kier alpha value is -0.840. The van der Waals surface area contributed by atoms with Gasteiger partial charge in [0.05, 0.1) is 6.61 Å². The molecule has 1 N–H and O–H groups in total. The molecular formula is C16H18BrNOS. The maximum atomic E-state index is 5.85. The van der Waals surface area contributed by atoms with Gasteiger partial charge in [0.15, 0.2) is 0 Å². The van der Waals surface area contributed by atoms with Crippen LogP contribution in [0.1, 0.15) is 35.6 Å². The number of thiophene rings is 1. The summed E-state index contributed by atoms with van der Waals surface area (Å²) < 4.78 is 6.93. The van der Waals surface area contributed by atoms with E-state index in [1.807, 2.05) is 0 Å². The quantitative estimate of drug-likeness (QED) is 0.855. The summed E-state index contributed by atoms with van der Waals surface area (Å²) in [4.78, 5) is 0. The lowest BCUT2D eigenvalue weighted by Gasteiger charge is -2.18. The molecule has 106 valence electrons.